The molecule has 3 nitrogen and oxygen atoms in total. The molecule has 0 aliphatic rings. The third kappa shape index (κ3) is 2.53. The quantitative estimate of drug-likeness (QED) is 0.888. The van der Waals surface area contributed by atoms with Crippen molar-refractivity contribution in [2.24, 2.45) is 0 Å². The topological polar surface area (TPSA) is 38.0 Å². The summed E-state index contributed by atoms with van der Waals surface area (Å²) in [6.45, 7) is 4.74. The van der Waals surface area contributed by atoms with Crippen LogP contribution in [0.3, 0.4) is 0 Å². The highest BCUT2D eigenvalue weighted by molar-refractivity contribution is 9.10. The normalized spacial score (nSPS) is 12.7. The Morgan fingerprint density at radius 2 is 2.06 bits per heavy atom. The summed E-state index contributed by atoms with van der Waals surface area (Å²) in [5.74, 6) is 0. The molecular formula is C13H14Br2N2O. The molecule has 1 unspecified atom stereocenters. The van der Waals surface area contributed by atoms with Crippen molar-refractivity contribution >= 4 is 31.9 Å². The molecule has 1 heterocycles. The Labute approximate surface area is 123 Å². The summed E-state index contributed by atoms with van der Waals surface area (Å²) in [4.78, 5) is 0. The lowest BCUT2D eigenvalue weighted by molar-refractivity contribution is 0.206. The van der Waals surface area contributed by atoms with E-state index in [1.165, 1.54) is 0 Å². The van der Waals surface area contributed by atoms with Crippen LogP contribution in [-0.4, -0.2) is 14.9 Å². The molecule has 0 fully saturated rings. The molecule has 18 heavy (non-hydrogen) atoms. The van der Waals surface area contributed by atoms with E-state index < -0.39 is 6.10 Å². The largest absolute Gasteiger partial charge is 0.382 e. The van der Waals surface area contributed by atoms with Crippen molar-refractivity contribution in [3.63, 3.8) is 0 Å². The molecule has 0 amide bonds. The Bertz CT molecular complexity index is 566. The average molecular weight is 374 g/mol. The van der Waals surface area contributed by atoms with E-state index in [0.717, 1.165) is 32.3 Å². The molecule has 0 aliphatic carbocycles. The molecule has 1 atom stereocenters. The minimum absolute atomic E-state index is 0.697. The van der Waals surface area contributed by atoms with E-state index in [9.17, 15) is 5.11 Å². The van der Waals surface area contributed by atoms with Crippen LogP contribution in [0, 0.1) is 6.92 Å². The molecule has 2 aromatic rings. The Kier molecular flexibility index (Phi) is 4.25. The van der Waals surface area contributed by atoms with Crippen molar-refractivity contribution in [1.29, 1.82) is 0 Å². The highest BCUT2D eigenvalue weighted by Crippen LogP contribution is 2.32. The van der Waals surface area contributed by atoms with Crippen LogP contribution < -0.4 is 0 Å². The van der Waals surface area contributed by atoms with E-state index in [1.807, 2.05) is 32.0 Å². The van der Waals surface area contributed by atoms with Crippen molar-refractivity contribution in [1.82, 2.24) is 9.78 Å². The van der Waals surface area contributed by atoms with Gasteiger partial charge in [-0.2, -0.15) is 5.10 Å². The lowest BCUT2D eigenvalue weighted by Crippen LogP contribution is -2.10. The van der Waals surface area contributed by atoms with Gasteiger partial charge in [-0.15, -0.1) is 0 Å². The number of aliphatic hydroxyl groups excluding tert-OH is 1. The first-order valence-electron chi connectivity index (χ1n) is 5.70. The van der Waals surface area contributed by atoms with Crippen molar-refractivity contribution in [2.75, 3.05) is 0 Å². The lowest BCUT2D eigenvalue weighted by atomic mass is 10.0. The number of nitrogens with zero attached hydrogens (tertiary/aromatic N) is 2. The van der Waals surface area contributed by atoms with Gasteiger partial charge in [0.25, 0.3) is 0 Å². The minimum Gasteiger partial charge on any atom is -0.382 e. The fourth-order valence-corrected chi connectivity index (χ4v) is 3.12. The van der Waals surface area contributed by atoms with E-state index in [2.05, 4.69) is 37.0 Å². The summed E-state index contributed by atoms with van der Waals surface area (Å²) in [6.07, 6.45) is 1.02. The molecule has 1 N–H and O–H groups in total. The third-order valence-electron chi connectivity index (χ3n) is 2.84. The van der Waals surface area contributed by atoms with Crippen molar-refractivity contribution in [3.05, 3.63) is 50.2 Å². The Morgan fingerprint density at radius 3 is 2.67 bits per heavy atom. The Hall–Kier alpha value is -0.650. The number of hydrogen-bond donors (Lipinski definition) is 1. The van der Waals surface area contributed by atoms with Gasteiger partial charge in [0, 0.05) is 16.6 Å². The van der Waals surface area contributed by atoms with Gasteiger partial charge in [-0.3, -0.25) is 4.68 Å². The molecule has 0 bridgehead atoms. The van der Waals surface area contributed by atoms with E-state index in [1.54, 1.807) is 10.9 Å². The van der Waals surface area contributed by atoms with Crippen LogP contribution in [0.4, 0.5) is 0 Å². The smallest absolute Gasteiger partial charge is 0.123 e. The lowest BCUT2D eigenvalue weighted by Gasteiger charge is -2.15. The van der Waals surface area contributed by atoms with E-state index in [4.69, 9.17) is 0 Å². The van der Waals surface area contributed by atoms with Gasteiger partial charge < -0.3 is 5.11 Å². The molecule has 5 heteroatoms. The maximum atomic E-state index is 10.5. The number of aryl methyl sites for hydroxylation is 2. The Balaban J connectivity index is 2.47. The first-order chi connectivity index (χ1) is 8.54. The van der Waals surface area contributed by atoms with Crippen molar-refractivity contribution in [2.45, 2.75) is 26.5 Å². The van der Waals surface area contributed by atoms with Crippen LogP contribution in [0.25, 0.3) is 0 Å². The molecule has 0 saturated carbocycles. The summed E-state index contributed by atoms with van der Waals surface area (Å²) in [5, 5.41) is 14.7. The second-order valence-electron chi connectivity index (χ2n) is 4.12. The van der Waals surface area contributed by atoms with Gasteiger partial charge in [-0.05, 0) is 41.4 Å². The van der Waals surface area contributed by atoms with Crippen LogP contribution in [0.5, 0.6) is 0 Å². The summed E-state index contributed by atoms with van der Waals surface area (Å²) in [5.41, 5.74) is 2.78. The molecule has 0 aliphatic heterocycles. The molecule has 0 spiro atoms. The van der Waals surface area contributed by atoms with Gasteiger partial charge in [0.2, 0.25) is 0 Å². The summed E-state index contributed by atoms with van der Waals surface area (Å²) in [6, 6.07) is 5.92. The monoisotopic (exact) mass is 372 g/mol. The van der Waals surface area contributed by atoms with Crippen LogP contribution in [0.15, 0.2) is 33.3 Å². The second-order valence-corrected chi connectivity index (χ2v) is 5.83. The summed E-state index contributed by atoms with van der Waals surface area (Å²) in [7, 11) is 0. The molecule has 0 radical (unpaired) electrons. The first kappa shape index (κ1) is 13.8. The zero-order valence-electron chi connectivity index (χ0n) is 10.2. The molecule has 2 rings (SSSR count). The zero-order valence-corrected chi connectivity index (χ0v) is 13.4. The maximum Gasteiger partial charge on any atom is 0.123 e. The first-order valence-corrected chi connectivity index (χ1v) is 7.28. The van der Waals surface area contributed by atoms with Gasteiger partial charge in [-0.25, -0.2) is 0 Å². The van der Waals surface area contributed by atoms with Gasteiger partial charge in [0.15, 0.2) is 0 Å². The molecule has 1 aromatic heterocycles. The number of hydrogen-bond acceptors (Lipinski definition) is 2. The molecule has 1 aromatic carbocycles. The number of benzene rings is 1. The zero-order chi connectivity index (χ0) is 13.3. The predicted octanol–water partition coefficient (Wildman–Crippen LogP) is 3.82. The SMILES string of the molecule is CCn1ncc(Br)c1C(O)c1ccc(C)cc1Br. The molecule has 96 valence electrons. The maximum absolute atomic E-state index is 10.5. The highest BCUT2D eigenvalue weighted by Gasteiger charge is 2.20. The van der Waals surface area contributed by atoms with Gasteiger partial charge in [0.05, 0.1) is 16.4 Å². The second kappa shape index (κ2) is 5.55. The number of rotatable bonds is 3. The number of halogens is 2. The van der Waals surface area contributed by atoms with E-state index in [0.29, 0.717) is 0 Å². The van der Waals surface area contributed by atoms with Crippen LogP contribution in [-0.2, 0) is 6.54 Å². The van der Waals surface area contributed by atoms with E-state index in [-0.39, 0.29) is 0 Å². The third-order valence-corrected chi connectivity index (χ3v) is 4.14. The Morgan fingerprint density at radius 1 is 1.33 bits per heavy atom. The molecule has 0 saturated heterocycles. The minimum atomic E-state index is -0.697. The van der Waals surface area contributed by atoms with Gasteiger partial charge in [-0.1, -0.05) is 28.1 Å². The fraction of sp³-hybridized carbons (Fsp3) is 0.308. The standard InChI is InChI=1S/C13H14Br2N2O/c1-3-17-12(11(15)7-16-17)13(18)9-5-4-8(2)6-10(9)14/h4-7,13,18H,3H2,1-2H3. The van der Waals surface area contributed by atoms with Crippen LogP contribution in [0.2, 0.25) is 0 Å². The fourth-order valence-electron chi connectivity index (χ4n) is 1.90. The van der Waals surface area contributed by atoms with E-state index >= 15 is 0 Å². The number of aliphatic hydroxyl groups is 1. The average Bonchev–Trinajstić information content (AvgIpc) is 2.69. The van der Waals surface area contributed by atoms with Crippen molar-refractivity contribution < 1.29 is 5.11 Å². The van der Waals surface area contributed by atoms with Gasteiger partial charge in [0.1, 0.15) is 6.10 Å². The van der Waals surface area contributed by atoms with Crippen molar-refractivity contribution in [3.8, 4) is 0 Å². The van der Waals surface area contributed by atoms with Crippen LogP contribution >= 0.6 is 31.9 Å². The number of aromatic nitrogens is 2. The van der Waals surface area contributed by atoms with Crippen LogP contribution in [0.1, 0.15) is 29.8 Å². The highest BCUT2D eigenvalue weighted by atomic mass is 79.9. The molecular weight excluding hydrogens is 360 g/mol. The predicted molar refractivity (Wildman–Crippen MR) is 78.5 cm³/mol. The summed E-state index contributed by atoms with van der Waals surface area (Å²) < 4.78 is 3.52. The summed E-state index contributed by atoms with van der Waals surface area (Å²) >= 11 is 6.94. The van der Waals surface area contributed by atoms with Gasteiger partial charge >= 0.3 is 0 Å².